The number of nitrogens with zero attached hydrogens (tertiary/aromatic N) is 3. The number of nitrogens with one attached hydrogen (secondary N) is 1. The van der Waals surface area contributed by atoms with E-state index >= 15 is 0 Å². The molecule has 1 fully saturated rings. The lowest BCUT2D eigenvalue weighted by atomic mass is 10.0. The number of carbonyl (C=O) groups is 1. The van der Waals surface area contributed by atoms with Crippen LogP contribution in [0.15, 0.2) is 18.2 Å². The van der Waals surface area contributed by atoms with Gasteiger partial charge in [0.15, 0.2) is 0 Å². The second kappa shape index (κ2) is 7.42. The highest BCUT2D eigenvalue weighted by molar-refractivity contribution is 5.78. The maximum absolute atomic E-state index is 12.4. The average Bonchev–Trinajstić information content (AvgIpc) is 3.00. The van der Waals surface area contributed by atoms with Gasteiger partial charge in [-0.1, -0.05) is 0 Å². The molecule has 0 radical (unpaired) electrons. The number of piperidine rings is 1. The zero-order chi connectivity index (χ0) is 19.6. The highest BCUT2D eigenvalue weighted by Crippen LogP contribution is 2.24. The SMILES string of the molecule is CC(C)(C)OC(=O)N1CCCC[C@H]1COc1nc2ccc([N+](=O)[O-])cc2[nH]1. The molecule has 2 heterocycles. The van der Waals surface area contributed by atoms with Crippen molar-refractivity contribution in [1.82, 2.24) is 14.9 Å². The molecule has 1 saturated heterocycles. The lowest BCUT2D eigenvalue weighted by Gasteiger charge is -2.36. The number of nitro groups is 1. The summed E-state index contributed by atoms with van der Waals surface area (Å²) in [6.45, 7) is 6.44. The molecule has 1 amide bonds. The minimum atomic E-state index is -0.548. The molecule has 1 aliphatic heterocycles. The van der Waals surface area contributed by atoms with Crippen molar-refractivity contribution in [3.05, 3.63) is 28.3 Å². The summed E-state index contributed by atoms with van der Waals surface area (Å²) in [5.74, 6) is 0. The van der Waals surface area contributed by atoms with E-state index in [4.69, 9.17) is 9.47 Å². The molecule has 0 spiro atoms. The van der Waals surface area contributed by atoms with Crippen LogP contribution < -0.4 is 4.74 Å². The fourth-order valence-corrected chi connectivity index (χ4v) is 3.07. The molecule has 1 aromatic carbocycles. The average molecular weight is 376 g/mol. The van der Waals surface area contributed by atoms with Gasteiger partial charge in [0, 0.05) is 18.7 Å². The zero-order valence-electron chi connectivity index (χ0n) is 15.7. The van der Waals surface area contributed by atoms with Gasteiger partial charge in [0.25, 0.3) is 11.7 Å². The maximum atomic E-state index is 12.4. The van der Waals surface area contributed by atoms with E-state index in [2.05, 4.69) is 9.97 Å². The number of hydrogen-bond donors (Lipinski definition) is 1. The van der Waals surface area contributed by atoms with Gasteiger partial charge in [0.2, 0.25) is 0 Å². The lowest BCUT2D eigenvalue weighted by Crippen LogP contribution is -2.48. The molecule has 0 saturated carbocycles. The Labute approximate surface area is 156 Å². The third-order valence-corrected chi connectivity index (χ3v) is 4.32. The summed E-state index contributed by atoms with van der Waals surface area (Å²) in [5.41, 5.74) is 0.559. The normalized spacial score (nSPS) is 17.7. The van der Waals surface area contributed by atoms with E-state index in [1.807, 2.05) is 20.8 Å². The molecule has 9 heteroatoms. The summed E-state index contributed by atoms with van der Waals surface area (Å²) in [5, 5.41) is 10.9. The van der Waals surface area contributed by atoms with Gasteiger partial charge < -0.3 is 19.4 Å². The van der Waals surface area contributed by atoms with Gasteiger partial charge in [-0.15, -0.1) is 0 Å². The second-order valence-corrected chi connectivity index (χ2v) is 7.63. The Morgan fingerprint density at radius 3 is 2.89 bits per heavy atom. The number of imidazole rings is 1. The Hall–Kier alpha value is -2.84. The van der Waals surface area contributed by atoms with Crippen molar-refractivity contribution < 1.29 is 19.2 Å². The summed E-state index contributed by atoms with van der Waals surface area (Å²) in [7, 11) is 0. The minimum Gasteiger partial charge on any atom is -0.463 e. The lowest BCUT2D eigenvalue weighted by molar-refractivity contribution is -0.384. The Morgan fingerprint density at radius 1 is 1.41 bits per heavy atom. The number of aromatic amines is 1. The predicted molar refractivity (Wildman–Crippen MR) is 98.8 cm³/mol. The molecule has 1 aromatic heterocycles. The van der Waals surface area contributed by atoms with E-state index in [-0.39, 0.29) is 30.4 Å². The molecule has 1 atom stereocenters. The van der Waals surface area contributed by atoms with Gasteiger partial charge in [-0.3, -0.25) is 10.1 Å². The fraction of sp³-hybridized carbons (Fsp3) is 0.556. The number of nitro benzene ring substituents is 1. The van der Waals surface area contributed by atoms with Crippen molar-refractivity contribution >= 4 is 22.8 Å². The second-order valence-electron chi connectivity index (χ2n) is 7.63. The highest BCUT2D eigenvalue weighted by Gasteiger charge is 2.31. The highest BCUT2D eigenvalue weighted by atomic mass is 16.6. The van der Waals surface area contributed by atoms with E-state index in [0.717, 1.165) is 19.3 Å². The van der Waals surface area contributed by atoms with Crippen LogP contribution in [-0.2, 0) is 4.74 Å². The molecule has 2 aromatic rings. The summed E-state index contributed by atoms with van der Waals surface area (Å²) in [4.78, 5) is 31.8. The van der Waals surface area contributed by atoms with E-state index in [1.54, 1.807) is 11.0 Å². The Kier molecular flexibility index (Phi) is 5.20. The first-order chi connectivity index (χ1) is 12.7. The number of non-ortho nitro benzene ring substituents is 1. The van der Waals surface area contributed by atoms with Crippen LogP contribution in [0.3, 0.4) is 0 Å². The quantitative estimate of drug-likeness (QED) is 0.644. The molecule has 0 aliphatic carbocycles. The Balaban J connectivity index is 1.67. The van der Waals surface area contributed by atoms with E-state index in [0.29, 0.717) is 17.6 Å². The number of amides is 1. The van der Waals surface area contributed by atoms with E-state index in [1.165, 1.54) is 12.1 Å². The van der Waals surface area contributed by atoms with Crippen LogP contribution in [0.1, 0.15) is 40.0 Å². The summed E-state index contributed by atoms with van der Waals surface area (Å²) in [6.07, 6.45) is 2.44. The minimum absolute atomic E-state index is 0.0129. The number of carbonyl (C=O) groups excluding carboxylic acids is 1. The molecular weight excluding hydrogens is 352 g/mol. The molecule has 0 unspecified atom stereocenters. The Morgan fingerprint density at radius 2 is 2.19 bits per heavy atom. The molecule has 27 heavy (non-hydrogen) atoms. The van der Waals surface area contributed by atoms with E-state index in [9.17, 15) is 14.9 Å². The molecular formula is C18H24N4O5. The largest absolute Gasteiger partial charge is 0.463 e. The van der Waals surface area contributed by atoms with Crippen LogP contribution in [-0.4, -0.2) is 50.7 Å². The third kappa shape index (κ3) is 4.66. The molecule has 3 rings (SSSR count). The van der Waals surface area contributed by atoms with Crippen molar-refractivity contribution in [3.63, 3.8) is 0 Å². The van der Waals surface area contributed by atoms with Gasteiger partial charge in [-0.25, -0.2) is 4.79 Å². The van der Waals surface area contributed by atoms with Gasteiger partial charge in [-0.2, -0.15) is 4.98 Å². The molecule has 146 valence electrons. The van der Waals surface area contributed by atoms with Gasteiger partial charge in [-0.05, 0) is 46.1 Å². The number of H-pyrrole nitrogens is 1. The number of rotatable bonds is 4. The van der Waals surface area contributed by atoms with Gasteiger partial charge in [0.05, 0.1) is 22.0 Å². The summed E-state index contributed by atoms with van der Waals surface area (Å²) >= 11 is 0. The van der Waals surface area contributed by atoms with Crippen molar-refractivity contribution in [2.45, 2.75) is 51.7 Å². The van der Waals surface area contributed by atoms with Crippen molar-refractivity contribution in [1.29, 1.82) is 0 Å². The number of ether oxygens (including phenoxy) is 2. The first-order valence-corrected chi connectivity index (χ1v) is 8.99. The van der Waals surface area contributed by atoms with E-state index < -0.39 is 10.5 Å². The molecule has 1 aliphatic rings. The van der Waals surface area contributed by atoms with Crippen molar-refractivity contribution in [2.24, 2.45) is 0 Å². The predicted octanol–water partition coefficient (Wildman–Crippen LogP) is 3.64. The van der Waals surface area contributed by atoms with Crippen LogP contribution in [0, 0.1) is 10.1 Å². The van der Waals surface area contributed by atoms with Gasteiger partial charge in [0.1, 0.15) is 12.2 Å². The topological polar surface area (TPSA) is 111 Å². The molecule has 0 bridgehead atoms. The first-order valence-electron chi connectivity index (χ1n) is 8.99. The zero-order valence-corrected chi connectivity index (χ0v) is 15.7. The fourth-order valence-electron chi connectivity index (χ4n) is 3.07. The summed E-state index contributed by atoms with van der Waals surface area (Å²) < 4.78 is 11.2. The summed E-state index contributed by atoms with van der Waals surface area (Å²) in [6, 6.07) is 4.57. The number of likely N-dealkylation sites (tertiary alicyclic amines) is 1. The van der Waals surface area contributed by atoms with Crippen LogP contribution in [0.5, 0.6) is 6.01 Å². The smallest absolute Gasteiger partial charge is 0.410 e. The third-order valence-electron chi connectivity index (χ3n) is 4.32. The first kappa shape index (κ1) is 18.9. The monoisotopic (exact) mass is 376 g/mol. The molecule has 9 nitrogen and oxygen atoms in total. The number of benzene rings is 1. The number of fused-ring (bicyclic) bond motifs is 1. The van der Waals surface area contributed by atoms with Crippen molar-refractivity contribution in [3.8, 4) is 6.01 Å². The van der Waals surface area contributed by atoms with Gasteiger partial charge >= 0.3 is 6.09 Å². The van der Waals surface area contributed by atoms with Crippen LogP contribution in [0.4, 0.5) is 10.5 Å². The number of aromatic nitrogens is 2. The van der Waals surface area contributed by atoms with Crippen LogP contribution in [0.2, 0.25) is 0 Å². The van der Waals surface area contributed by atoms with Crippen LogP contribution >= 0.6 is 0 Å². The number of hydrogen-bond acceptors (Lipinski definition) is 6. The standard InChI is InChI=1S/C18H24N4O5/c1-18(2,3)27-17(23)21-9-5-4-6-13(21)11-26-16-19-14-8-7-12(22(24)25)10-15(14)20-16/h7-8,10,13H,4-6,9,11H2,1-3H3,(H,19,20)/t13-/m0/s1. The Bertz CT molecular complexity index is 842. The van der Waals surface area contributed by atoms with Crippen molar-refractivity contribution in [2.75, 3.05) is 13.2 Å². The van der Waals surface area contributed by atoms with Crippen LogP contribution in [0.25, 0.3) is 11.0 Å². The maximum Gasteiger partial charge on any atom is 0.410 e. The molecule has 1 N–H and O–H groups in total.